The van der Waals surface area contributed by atoms with Crippen molar-refractivity contribution < 1.29 is 9.53 Å². The number of aromatic nitrogens is 2. The fraction of sp³-hybridized carbons (Fsp3) is 0.0909. The molecule has 16 heavy (non-hydrogen) atoms. The van der Waals surface area contributed by atoms with Gasteiger partial charge in [0.1, 0.15) is 11.2 Å². The van der Waals surface area contributed by atoms with E-state index in [-0.39, 0.29) is 0 Å². The highest BCUT2D eigenvalue weighted by Gasteiger charge is 2.14. The summed E-state index contributed by atoms with van der Waals surface area (Å²) < 4.78 is 7.27. The van der Waals surface area contributed by atoms with Crippen LogP contribution in [-0.4, -0.2) is 22.8 Å². The van der Waals surface area contributed by atoms with E-state index in [4.69, 9.17) is 4.74 Å². The highest BCUT2D eigenvalue weighted by molar-refractivity contribution is 7.25. The average Bonchev–Trinajstić information content (AvgIpc) is 2.86. The minimum absolute atomic E-state index is 0.411. The fourth-order valence-electron chi connectivity index (χ4n) is 1.74. The van der Waals surface area contributed by atoms with E-state index in [1.807, 2.05) is 24.3 Å². The fourth-order valence-corrected chi connectivity index (χ4v) is 2.78. The molecule has 0 atom stereocenters. The molecule has 0 radical (unpaired) electrons. The van der Waals surface area contributed by atoms with Gasteiger partial charge in [-0.1, -0.05) is 18.2 Å². The number of nitrogens with zero attached hydrogens (tertiary/aromatic N) is 2. The van der Waals surface area contributed by atoms with Crippen LogP contribution in [0.15, 0.2) is 30.6 Å². The molecule has 0 aliphatic heterocycles. The van der Waals surface area contributed by atoms with Crippen molar-refractivity contribution in [1.29, 1.82) is 0 Å². The molecule has 1 aromatic carbocycles. The smallest absolute Gasteiger partial charge is 0.419 e. The molecule has 0 unspecified atom stereocenters. The Morgan fingerprint density at radius 1 is 1.44 bits per heavy atom. The van der Waals surface area contributed by atoms with Crippen molar-refractivity contribution in [3.8, 4) is 0 Å². The summed E-state index contributed by atoms with van der Waals surface area (Å²) in [6, 6.07) is 7.92. The van der Waals surface area contributed by atoms with Crippen molar-refractivity contribution in [3.63, 3.8) is 0 Å². The van der Waals surface area contributed by atoms with E-state index < -0.39 is 6.09 Å². The lowest BCUT2D eigenvalue weighted by Gasteiger charge is -1.99. The summed E-state index contributed by atoms with van der Waals surface area (Å²) >= 11 is 1.57. The molecule has 5 heteroatoms. The van der Waals surface area contributed by atoms with Gasteiger partial charge in [-0.2, -0.15) is 0 Å². The van der Waals surface area contributed by atoms with Crippen LogP contribution in [-0.2, 0) is 4.74 Å². The lowest BCUT2D eigenvalue weighted by Crippen LogP contribution is -2.09. The molecule has 0 aliphatic carbocycles. The molecule has 2 aromatic heterocycles. The molecule has 3 rings (SSSR count). The van der Waals surface area contributed by atoms with Crippen LogP contribution < -0.4 is 0 Å². The van der Waals surface area contributed by atoms with E-state index >= 15 is 0 Å². The molecular formula is C11H8N2O2S. The summed E-state index contributed by atoms with van der Waals surface area (Å²) in [6.45, 7) is 0. The largest absolute Gasteiger partial charge is 0.452 e. The van der Waals surface area contributed by atoms with Crippen molar-refractivity contribution in [2.75, 3.05) is 7.11 Å². The van der Waals surface area contributed by atoms with Gasteiger partial charge in [-0.25, -0.2) is 14.3 Å². The van der Waals surface area contributed by atoms with E-state index in [9.17, 15) is 4.79 Å². The summed E-state index contributed by atoms with van der Waals surface area (Å²) in [5.41, 5.74) is 0.826. The number of methoxy groups -OCH3 is 1. The average molecular weight is 232 g/mol. The van der Waals surface area contributed by atoms with E-state index in [1.54, 1.807) is 11.3 Å². The standard InChI is InChI=1S/C11H8N2O2S/c1-15-11(14)13-6-12-10-9(13)7-4-2-3-5-8(7)16-10/h2-6H,1H3. The lowest BCUT2D eigenvalue weighted by molar-refractivity contribution is 0.174. The summed E-state index contributed by atoms with van der Waals surface area (Å²) in [5.74, 6) is 0. The summed E-state index contributed by atoms with van der Waals surface area (Å²) in [6.07, 6.45) is 1.09. The molecule has 0 saturated carbocycles. The summed E-state index contributed by atoms with van der Waals surface area (Å²) in [7, 11) is 1.36. The van der Waals surface area contributed by atoms with Crippen molar-refractivity contribution in [2.45, 2.75) is 0 Å². The molecule has 2 heterocycles. The predicted octanol–water partition coefficient (Wildman–Crippen LogP) is 2.87. The van der Waals surface area contributed by atoms with Gasteiger partial charge < -0.3 is 4.74 Å². The second-order valence-corrected chi connectivity index (χ2v) is 4.37. The third-order valence-corrected chi connectivity index (χ3v) is 3.52. The van der Waals surface area contributed by atoms with E-state index in [1.165, 1.54) is 18.0 Å². The van der Waals surface area contributed by atoms with E-state index in [0.717, 1.165) is 20.4 Å². The van der Waals surface area contributed by atoms with Gasteiger partial charge >= 0.3 is 6.09 Å². The Bertz CT molecular complexity index is 683. The number of hydrogen-bond acceptors (Lipinski definition) is 4. The third-order valence-electron chi connectivity index (χ3n) is 2.45. The molecule has 80 valence electrons. The number of carbonyl (C=O) groups excluding carboxylic acids is 1. The molecule has 4 nitrogen and oxygen atoms in total. The molecule has 0 aliphatic rings. The maximum absolute atomic E-state index is 11.5. The Hall–Kier alpha value is -1.88. The van der Waals surface area contributed by atoms with Crippen molar-refractivity contribution in [2.24, 2.45) is 0 Å². The van der Waals surface area contributed by atoms with Gasteiger partial charge in [0.15, 0.2) is 0 Å². The maximum Gasteiger partial charge on any atom is 0.419 e. The van der Waals surface area contributed by atoms with E-state index in [0.29, 0.717) is 0 Å². The molecule has 0 fully saturated rings. The summed E-state index contributed by atoms with van der Waals surface area (Å²) in [4.78, 5) is 16.6. The van der Waals surface area contributed by atoms with Crippen molar-refractivity contribution in [3.05, 3.63) is 30.6 Å². The van der Waals surface area contributed by atoms with Crippen LogP contribution in [0, 0.1) is 0 Å². The van der Waals surface area contributed by atoms with Gasteiger partial charge in [0.05, 0.1) is 12.6 Å². The number of fused-ring (bicyclic) bond motifs is 3. The topological polar surface area (TPSA) is 44.1 Å². The molecule has 0 amide bonds. The normalized spacial score (nSPS) is 11.1. The maximum atomic E-state index is 11.5. The number of benzene rings is 1. The van der Waals surface area contributed by atoms with Crippen LogP contribution in [0.5, 0.6) is 0 Å². The molecule has 0 saturated heterocycles. The number of carbonyl (C=O) groups is 1. The van der Waals surface area contributed by atoms with Gasteiger partial charge in [0, 0.05) is 10.1 Å². The molecule has 0 N–H and O–H groups in total. The van der Waals surface area contributed by atoms with Crippen LogP contribution in [0.1, 0.15) is 0 Å². The van der Waals surface area contributed by atoms with Gasteiger partial charge in [0.2, 0.25) is 0 Å². The first-order valence-corrected chi connectivity index (χ1v) is 5.56. The second-order valence-electron chi connectivity index (χ2n) is 3.34. The van der Waals surface area contributed by atoms with Crippen LogP contribution in [0.25, 0.3) is 20.4 Å². The predicted molar refractivity (Wildman–Crippen MR) is 62.9 cm³/mol. The van der Waals surface area contributed by atoms with Crippen LogP contribution in [0.2, 0.25) is 0 Å². The molecular weight excluding hydrogens is 224 g/mol. The Balaban J connectivity index is 2.43. The van der Waals surface area contributed by atoms with Crippen LogP contribution in [0.3, 0.4) is 0 Å². The first kappa shape index (κ1) is 9.35. The Kier molecular flexibility index (Phi) is 1.94. The van der Waals surface area contributed by atoms with Crippen molar-refractivity contribution in [1.82, 2.24) is 9.55 Å². The van der Waals surface area contributed by atoms with Crippen LogP contribution in [0.4, 0.5) is 4.79 Å². The van der Waals surface area contributed by atoms with Gasteiger partial charge in [-0.05, 0) is 6.07 Å². The zero-order chi connectivity index (χ0) is 11.1. The zero-order valence-electron chi connectivity index (χ0n) is 8.51. The third kappa shape index (κ3) is 1.15. The molecule has 3 aromatic rings. The molecule has 0 spiro atoms. The van der Waals surface area contributed by atoms with Gasteiger partial charge in [-0.15, -0.1) is 11.3 Å². The quantitative estimate of drug-likeness (QED) is 0.598. The highest BCUT2D eigenvalue weighted by Crippen LogP contribution is 2.32. The Labute approximate surface area is 95.1 Å². The van der Waals surface area contributed by atoms with E-state index in [2.05, 4.69) is 4.98 Å². The second kappa shape index (κ2) is 3.31. The lowest BCUT2D eigenvalue weighted by atomic mass is 10.2. The zero-order valence-corrected chi connectivity index (χ0v) is 9.32. The minimum atomic E-state index is -0.411. The highest BCUT2D eigenvalue weighted by atomic mass is 32.1. The first-order valence-electron chi connectivity index (χ1n) is 4.74. The monoisotopic (exact) mass is 232 g/mol. The number of hydrogen-bond donors (Lipinski definition) is 0. The van der Waals surface area contributed by atoms with Gasteiger partial charge in [-0.3, -0.25) is 0 Å². The Morgan fingerprint density at radius 3 is 3.06 bits per heavy atom. The first-order chi connectivity index (χ1) is 7.81. The van der Waals surface area contributed by atoms with Crippen LogP contribution >= 0.6 is 11.3 Å². The molecule has 0 bridgehead atoms. The van der Waals surface area contributed by atoms with Gasteiger partial charge in [0.25, 0.3) is 0 Å². The number of rotatable bonds is 0. The summed E-state index contributed by atoms with van der Waals surface area (Å²) in [5, 5.41) is 1.03. The number of thiophene rings is 1. The van der Waals surface area contributed by atoms with Crippen molar-refractivity contribution >= 4 is 37.9 Å². The SMILES string of the molecule is COC(=O)n1cnc2sc3ccccc3c21. The number of ether oxygens (including phenoxy) is 1. The number of imidazole rings is 1. The Morgan fingerprint density at radius 2 is 2.25 bits per heavy atom. The minimum Gasteiger partial charge on any atom is -0.452 e.